The molecule has 0 saturated heterocycles. The quantitative estimate of drug-likeness (QED) is 0.0212. The van der Waals surface area contributed by atoms with Gasteiger partial charge in [0.25, 0.3) is 7.82 Å². The van der Waals surface area contributed by atoms with Crippen LogP contribution in [0.1, 0.15) is 258 Å². The number of carbonyl (C=O) groups is 2. The Kier molecular flexibility index (Phi) is 44.2. The van der Waals surface area contributed by atoms with E-state index in [1.54, 1.807) is 0 Å². The van der Waals surface area contributed by atoms with Crippen LogP contribution < -0.4 is 10.2 Å². The van der Waals surface area contributed by atoms with E-state index < -0.39 is 20.0 Å². The van der Waals surface area contributed by atoms with Crippen LogP contribution in [0.3, 0.4) is 0 Å². The zero-order valence-corrected chi connectivity index (χ0v) is 43.9. The third-order valence-electron chi connectivity index (χ3n) is 12.1. The molecule has 64 heavy (non-hydrogen) atoms. The van der Waals surface area contributed by atoms with Crippen LogP contribution in [-0.2, 0) is 27.9 Å². The highest BCUT2D eigenvalue weighted by Gasteiger charge is 2.27. The van der Waals surface area contributed by atoms with Crippen molar-refractivity contribution in [3.8, 4) is 0 Å². The van der Waals surface area contributed by atoms with Gasteiger partial charge in [0.15, 0.2) is 0 Å². The second-order valence-corrected chi connectivity index (χ2v) is 21.1. The molecule has 0 saturated carbocycles. The zero-order valence-electron chi connectivity index (χ0n) is 43.0. The van der Waals surface area contributed by atoms with E-state index >= 15 is 0 Å². The third-order valence-corrected chi connectivity index (χ3v) is 13.1. The SMILES string of the molecule is CCCCCCCCC/C=C\CCCCCC(=O)OC(/C=C/CCCCCCCCCCCCC)C(COP(=O)([O-])OCC[N+](C)(C)C)NC(=O)CCCCCCCCCCCCC. The summed E-state index contributed by atoms with van der Waals surface area (Å²) in [6, 6.07) is -0.886. The van der Waals surface area contributed by atoms with Gasteiger partial charge >= 0.3 is 5.97 Å². The maximum atomic E-state index is 13.4. The minimum absolute atomic E-state index is 0.0214. The summed E-state index contributed by atoms with van der Waals surface area (Å²) in [6.45, 7) is 6.83. The van der Waals surface area contributed by atoms with Crippen molar-refractivity contribution in [3.05, 3.63) is 24.3 Å². The monoisotopic (exact) mass is 925 g/mol. The van der Waals surface area contributed by atoms with Crippen LogP contribution in [0.25, 0.3) is 0 Å². The number of esters is 1. The summed E-state index contributed by atoms with van der Waals surface area (Å²) in [7, 11) is 1.19. The number of likely N-dealkylation sites (N-methyl/N-ethyl adjacent to an activating group) is 1. The molecule has 0 aliphatic heterocycles. The van der Waals surface area contributed by atoms with Crippen LogP contribution in [0.4, 0.5) is 0 Å². The molecule has 0 bridgehead atoms. The standard InChI is InChI=1S/C54H105N2O7P/c1-7-10-13-16-19-22-25-27-29-32-35-38-41-44-47-54(58)63-52(45-42-39-36-33-31-28-26-23-20-17-14-11-8-2)51(50-62-64(59,60)61-49-48-56(4,5)6)55-53(57)46-43-40-37-34-30-24-21-18-15-12-9-3/h29,32,42,45,51-52H,7-28,30-31,33-41,43-44,46-50H2,1-6H3,(H-,55,57,59,60)/b32-29-,45-42+. The lowest BCUT2D eigenvalue weighted by Gasteiger charge is -2.30. The Balaban J connectivity index is 5.43. The molecule has 1 N–H and O–H groups in total. The Labute approximate surface area is 396 Å². The minimum atomic E-state index is -4.68. The van der Waals surface area contributed by atoms with Crippen LogP contribution in [0, 0.1) is 0 Å². The van der Waals surface area contributed by atoms with Gasteiger partial charge in [0, 0.05) is 12.8 Å². The van der Waals surface area contributed by atoms with Gasteiger partial charge in [-0.25, -0.2) is 0 Å². The lowest BCUT2D eigenvalue weighted by Crippen LogP contribution is -2.47. The van der Waals surface area contributed by atoms with E-state index in [0.717, 1.165) is 64.2 Å². The molecule has 0 heterocycles. The molecule has 0 aromatic rings. The fourth-order valence-electron chi connectivity index (χ4n) is 7.87. The summed E-state index contributed by atoms with van der Waals surface area (Å²) < 4.78 is 30.1. The summed E-state index contributed by atoms with van der Waals surface area (Å²) in [4.78, 5) is 39.7. The van der Waals surface area contributed by atoms with Crippen molar-refractivity contribution >= 4 is 19.7 Å². The highest BCUT2D eigenvalue weighted by Crippen LogP contribution is 2.38. The molecular formula is C54H105N2O7P. The predicted molar refractivity (Wildman–Crippen MR) is 270 cm³/mol. The average molecular weight is 925 g/mol. The van der Waals surface area contributed by atoms with Crippen molar-refractivity contribution in [3.63, 3.8) is 0 Å². The van der Waals surface area contributed by atoms with Gasteiger partial charge in [-0.3, -0.25) is 14.2 Å². The van der Waals surface area contributed by atoms with Crippen LogP contribution in [0.5, 0.6) is 0 Å². The molecule has 0 aliphatic rings. The number of amides is 1. The predicted octanol–water partition coefficient (Wildman–Crippen LogP) is 15.2. The molecule has 0 aromatic carbocycles. The number of rotatable bonds is 49. The van der Waals surface area contributed by atoms with E-state index in [9.17, 15) is 19.0 Å². The Morgan fingerprint density at radius 1 is 0.531 bits per heavy atom. The molecule has 0 aliphatic carbocycles. The number of unbranched alkanes of at least 4 members (excludes halogenated alkanes) is 31. The first-order valence-electron chi connectivity index (χ1n) is 27.1. The second kappa shape index (κ2) is 45.3. The minimum Gasteiger partial charge on any atom is -0.756 e. The van der Waals surface area contributed by atoms with E-state index in [1.165, 1.54) is 154 Å². The van der Waals surface area contributed by atoms with E-state index in [1.807, 2.05) is 33.3 Å². The molecule has 9 nitrogen and oxygen atoms in total. The Bertz CT molecular complexity index is 1160. The van der Waals surface area contributed by atoms with Gasteiger partial charge in [0.2, 0.25) is 5.91 Å². The number of hydrogen-bond donors (Lipinski definition) is 1. The molecule has 10 heteroatoms. The summed E-state index contributed by atoms with van der Waals surface area (Å²) in [5, 5.41) is 3.01. The molecule has 1 amide bonds. The number of allylic oxidation sites excluding steroid dienone is 3. The first kappa shape index (κ1) is 62.5. The Hall–Kier alpha value is -1.51. The van der Waals surface area contributed by atoms with Crippen LogP contribution in [-0.4, -0.2) is 69.4 Å². The van der Waals surface area contributed by atoms with Crippen molar-refractivity contribution < 1.29 is 37.3 Å². The molecule has 378 valence electrons. The number of phosphoric ester groups is 1. The molecule has 3 unspecified atom stereocenters. The lowest BCUT2D eigenvalue weighted by molar-refractivity contribution is -0.870. The smallest absolute Gasteiger partial charge is 0.306 e. The number of ether oxygens (including phenoxy) is 1. The molecule has 0 aromatic heterocycles. The van der Waals surface area contributed by atoms with Gasteiger partial charge in [-0.1, -0.05) is 212 Å². The zero-order chi connectivity index (χ0) is 47.3. The van der Waals surface area contributed by atoms with Gasteiger partial charge in [0.05, 0.1) is 33.8 Å². The lowest BCUT2D eigenvalue weighted by atomic mass is 10.0. The first-order valence-corrected chi connectivity index (χ1v) is 28.6. The van der Waals surface area contributed by atoms with Crippen LogP contribution >= 0.6 is 7.82 Å². The van der Waals surface area contributed by atoms with Crippen molar-refractivity contribution in [1.82, 2.24) is 5.32 Å². The number of hydrogen-bond acceptors (Lipinski definition) is 7. The van der Waals surface area contributed by atoms with Gasteiger partial charge in [-0.15, -0.1) is 0 Å². The van der Waals surface area contributed by atoms with Crippen LogP contribution in [0.15, 0.2) is 24.3 Å². The summed E-state index contributed by atoms with van der Waals surface area (Å²) >= 11 is 0. The number of phosphoric acid groups is 1. The molecular weight excluding hydrogens is 820 g/mol. The van der Waals surface area contributed by atoms with Crippen molar-refractivity contribution in [1.29, 1.82) is 0 Å². The number of quaternary nitrogens is 1. The summed E-state index contributed by atoms with van der Waals surface area (Å²) in [5.74, 6) is -0.552. The maximum Gasteiger partial charge on any atom is 0.306 e. The van der Waals surface area contributed by atoms with Gasteiger partial charge in [-0.05, 0) is 57.4 Å². The first-order chi connectivity index (χ1) is 30.9. The number of nitrogens with one attached hydrogen (secondary N) is 1. The summed E-state index contributed by atoms with van der Waals surface area (Å²) in [6.07, 6.45) is 49.9. The van der Waals surface area contributed by atoms with E-state index in [2.05, 4.69) is 38.2 Å². The largest absolute Gasteiger partial charge is 0.756 e. The summed E-state index contributed by atoms with van der Waals surface area (Å²) in [5.41, 5.74) is 0. The highest BCUT2D eigenvalue weighted by atomic mass is 31.2. The van der Waals surface area contributed by atoms with Gasteiger partial charge in [0.1, 0.15) is 19.3 Å². The molecule has 0 rings (SSSR count). The fraction of sp³-hybridized carbons (Fsp3) is 0.889. The van der Waals surface area contributed by atoms with E-state index in [-0.39, 0.29) is 31.5 Å². The molecule has 0 fully saturated rings. The molecule has 0 spiro atoms. The topological polar surface area (TPSA) is 114 Å². The van der Waals surface area contributed by atoms with E-state index in [4.69, 9.17) is 13.8 Å². The average Bonchev–Trinajstić information content (AvgIpc) is 3.25. The Morgan fingerprint density at radius 3 is 1.34 bits per heavy atom. The normalized spacial score (nSPS) is 14.0. The van der Waals surface area contributed by atoms with E-state index in [0.29, 0.717) is 23.9 Å². The van der Waals surface area contributed by atoms with Gasteiger partial charge in [-0.2, -0.15) is 0 Å². The molecule has 0 radical (unpaired) electrons. The molecule has 3 atom stereocenters. The fourth-order valence-corrected chi connectivity index (χ4v) is 8.59. The van der Waals surface area contributed by atoms with Crippen LogP contribution in [0.2, 0.25) is 0 Å². The number of nitrogens with zero attached hydrogens (tertiary/aromatic N) is 1. The number of carbonyl (C=O) groups excluding carboxylic acids is 2. The van der Waals surface area contributed by atoms with Crippen molar-refractivity contribution in [2.75, 3.05) is 40.9 Å². The Morgan fingerprint density at radius 2 is 0.906 bits per heavy atom. The second-order valence-electron chi connectivity index (χ2n) is 19.7. The highest BCUT2D eigenvalue weighted by molar-refractivity contribution is 7.45. The van der Waals surface area contributed by atoms with Crippen molar-refractivity contribution in [2.45, 2.75) is 270 Å². The van der Waals surface area contributed by atoms with Gasteiger partial charge < -0.3 is 28.5 Å². The maximum absolute atomic E-state index is 13.4. The third kappa shape index (κ3) is 45.6. The van der Waals surface area contributed by atoms with Crippen molar-refractivity contribution in [2.24, 2.45) is 0 Å².